The standard InChI is InChI=1S/C18H18FN3S/c1-3-12-22-17(14-8-10-20-11-9-14)16(21-18(22)23-2)13-4-6-15(19)7-5-13/h4-11H,3,12H2,1-2H3. The predicted molar refractivity (Wildman–Crippen MR) is 92.9 cm³/mol. The number of aromatic nitrogens is 3. The second-order valence-corrected chi connectivity index (χ2v) is 5.96. The lowest BCUT2D eigenvalue weighted by Crippen LogP contribution is -2.01. The molecule has 0 saturated carbocycles. The van der Waals surface area contributed by atoms with E-state index in [9.17, 15) is 4.39 Å². The van der Waals surface area contributed by atoms with Gasteiger partial charge in [0.2, 0.25) is 0 Å². The molecule has 2 heterocycles. The zero-order chi connectivity index (χ0) is 16.2. The van der Waals surface area contributed by atoms with Gasteiger partial charge in [0.15, 0.2) is 5.16 Å². The minimum Gasteiger partial charge on any atom is -0.318 e. The van der Waals surface area contributed by atoms with Crippen LogP contribution in [0.15, 0.2) is 53.9 Å². The summed E-state index contributed by atoms with van der Waals surface area (Å²) in [5, 5.41) is 0.970. The van der Waals surface area contributed by atoms with Crippen molar-refractivity contribution in [1.29, 1.82) is 0 Å². The van der Waals surface area contributed by atoms with Gasteiger partial charge in [-0.05, 0) is 49.1 Å². The van der Waals surface area contributed by atoms with Gasteiger partial charge in [0, 0.05) is 30.1 Å². The van der Waals surface area contributed by atoms with E-state index < -0.39 is 0 Å². The van der Waals surface area contributed by atoms with E-state index in [2.05, 4.69) is 16.5 Å². The summed E-state index contributed by atoms with van der Waals surface area (Å²) >= 11 is 1.63. The van der Waals surface area contributed by atoms with E-state index in [1.807, 2.05) is 18.4 Å². The smallest absolute Gasteiger partial charge is 0.168 e. The molecule has 2 aromatic heterocycles. The Morgan fingerprint density at radius 1 is 1.04 bits per heavy atom. The Kier molecular flexibility index (Phi) is 4.76. The zero-order valence-electron chi connectivity index (χ0n) is 13.2. The molecule has 3 rings (SSSR count). The molecular weight excluding hydrogens is 309 g/mol. The van der Waals surface area contributed by atoms with Crippen molar-refractivity contribution in [3.05, 3.63) is 54.6 Å². The molecule has 0 N–H and O–H groups in total. The second kappa shape index (κ2) is 6.96. The Morgan fingerprint density at radius 2 is 1.74 bits per heavy atom. The monoisotopic (exact) mass is 327 g/mol. The third-order valence-corrected chi connectivity index (χ3v) is 4.31. The van der Waals surface area contributed by atoms with Crippen LogP contribution in [0.5, 0.6) is 0 Å². The molecule has 23 heavy (non-hydrogen) atoms. The first-order chi connectivity index (χ1) is 11.2. The molecule has 0 radical (unpaired) electrons. The van der Waals surface area contributed by atoms with Gasteiger partial charge in [0.05, 0.1) is 11.4 Å². The maximum absolute atomic E-state index is 13.3. The highest BCUT2D eigenvalue weighted by molar-refractivity contribution is 7.98. The Balaban J connectivity index is 2.24. The largest absolute Gasteiger partial charge is 0.318 e. The van der Waals surface area contributed by atoms with Crippen molar-refractivity contribution in [2.45, 2.75) is 25.0 Å². The summed E-state index contributed by atoms with van der Waals surface area (Å²) in [7, 11) is 0. The Hall–Kier alpha value is -2.14. The van der Waals surface area contributed by atoms with Crippen molar-refractivity contribution in [1.82, 2.24) is 14.5 Å². The van der Waals surface area contributed by atoms with Gasteiger partial charge in [-0.25, -0.2) is 9.37 Å². The summed E-state index contributed by atoms with van der Waals surface area (Å²) in [5.74, 6) is -0.239. The first kappa shape index (κ1) is 15.7. The van der Waals surface area contributed by atoms with Crippen LogP contribution in [-0.4, -0.2) is 20.8 Å². The van der Waals surface area contributed by atoms with Crippen LogP contribution in [0.1, 0.15) is 13.3 Å². The molecule has 0 spiro atoms. The van der Waals surface area contributed by atoms with Gasteiger partial charge < -0.3 is 4.57 Å². The molecule has 0 bridgehead atoms. The van der Waals surface area contributed by atoms with Crippen LogP contribution in [0.25, 0.3) is 22.5 Å². The second-order valence-electron chi connectivity index (χ2n) is 5.19. The minimum absolute atomic E-state index is 0.239. The molecule has 0 aliphatic carbocycles. The van der Waals surface area contributed by atoms with E-state index >= 15 is 0 Å². The van der Waals surface area contributed by atoms with Gasteiger partial charge in [-0.15, -0.1) is 0 Å². The number of rotatable bonds is 5. The van der Waals surface area contributed by atoms with Crippen molar-refractivity contribution in [3.63, 3.8) is 0 Å². The van der Waals surface area contributed by atoms with Gasteiger partial charge in [-0.3, -0.25) is 4.98 Å². The normalized spacial score (nSPS) is 10.9. The number of nitrogens with zero attached hydrogens (tertiary/aromatic N) is 3. The fourth-order valence-electron chi connectivity index (χ4n) is 2.63. The van der Waals surface area contributed by atoms with Gasteiger partial charge in [0.1, 0.15) is 5.82 Å². The molecule has 0 aliphatic rings. The number of hydrogen-bond donors (Lipinski definition) is 0. The van der Waals surface area contributed by atoms with Crippen LogP contribution >= 0.6 is 11.8 Å². The number of pyridine rings is 1. The molecule has 118 valence electrons. The maximum Gasteiger partial charge on any atom is 0.168 e. The summed E-state index contributed by atoms with van der Waals surface area (Å²) < 4.78 is 15.5. The summed E-state index contributed by atoms with van der Waals surface area (Å²) in [4.78, 5) is 8.91. The van der Waals surface area contributed by atoms with Crippen molar-refractivity contribution in [3.8, 4) is 22.5 Å². The third-order valence-electron chi connectivity index (χ3n) is 3.63. The molecule has 0 aliphatic heterocycles. The number of benzene rings is 1. The van der Waals surface area contributed by atoms with Gasteiger partial charge in [-0.2, -0.15) is 0 Å². The van der Waals surface area contributed by atoms with Crippen molar-refractivity contribution < 1.29 is 4.39 Å². The zero-order valence-corrected chi connectivity index (χ0v) is 14.0. The molecule has 0 fully saturated rings. The van der Waals surface area contributed by atoms with E-state index in [-0.39, 0.29) is 5.82 Å². The van der Waals surface area contributed by atoms with Crippen LogP contribution < -0.4 is 0 Å². The lowest BCUT2D eigenvalue weighted by Gasteiger charge is -2.11. The van der Waals surface area contributed by atoms with E-state index in [1.54, 1.807) is 36.3 Å². The minimum atomic E-state index is -0.239. The molecule has 5 heteroatoms. The topological polar surface area (TPSA) is 30.7 Å². The van der Waals surface area contributed by atoms with Crippen LogP contribution in [0.4, 0.5) is 4.39 Å². The summed E-state index contributed by atoms with van der Waals surface area (Å²) in [6.45, 7) is 3.04. The van der Waals surface area contributed by atoms with E-state index in [0.29, 0.717) is 0 Å². The average Bonchev–Trinajstić information content (AvgIpc) is 2.95. The highest BCUT2D eigenvalue weighted by Crippen LogP contribution is 2.35. The molecule has 0 saturated heterocycles. The molecule has 3 nitrogen and oxygen atoms in total. The van der Waals surface area contributed by atoms with Crippen molar-refractivity contribution >= 4 is 11.8 Å². The summed E-state index contributed by atoms with van der Waals surface area (Å²) in [6.07, 6.45) is 6.61. The fraction of sp³-hybridized carbons (Fsp3) is 0.222. The highest BCUT2D eigenvalue weighted by atomic mass is 32.2. The van der Waals surface area contributed by atoms with Crippen molar-refractivity contribution in [2.24, 2.45) is 0 Å². The van der Waals surface area contributed by atoms with Crippen LogP contribution in [0.2, 0.25) is 0 Å². The fourth-order valence-corrected chi connectivity index (χ4v) is 3.22. The molecule has 1 aromatic carbocycles. The lowest BCUT2D eigenvalue weighted by atomic mass is 10.1. The first-order valence-corrected chi connectivity index (χ1v) is 8.78. The van der Waals surface area contributed by atoms with Crippen LogP contribution in [-0.2, 0) is 6.54 Å². The quantitative estimate of drug-likeness (QED) is 0.626. The van der Waals surface area contributed by atoms with Crippen molar-refractivity contribution in [2.75, 3.05) is 6.26 Å². The molecule has 0 unspecified atom stereocenters. The Bertz CT molecular complexity index is 782. The Morgan fingerprint density at radius 3 is 2.35 bits per heavy atom. The molecule has 0 atom stereocenters. The predicted octanol–water partition coefficient (Wildman–Crippen LogP) is 4.88. The number of thioether (sulfide) groups is 1. The number of imidazole rings is 1. The molecule has 0 amide bonds. The molecule has 3 aromatic rings. The van der Waals surface area contributed by atoms with Crippen LogP contribution in [0.3, 0.4) is 0 Å². The average molecular weight is 327 g/mol. The van der Waals surface area contributed by atoms with E-state index in [1.165, 1.54) is 12.1 Å². The van der Waals surface area contributed by atoms with E-state index in [4.69, 9.17) is 4.98 Å². The number of hydrogen-bond acceptors (Lipinski definition) is 3. The molecular formula is C18H18FN3S. The lowest BCUT2D eigenvalue weighted by molar-refractivity contribution is 0.627. The SMILES string of the molecule is CCCn1c(SC)nc(-c2ccc(F)cc2)c1-c1ccncc1. The summed E-state index contributed by atoms with van der Waals surface area (Å²) in [5.41, 5.74) is 3.93. The highest BCUT2D eigenvalue weighted by Gasteiger charge is 2.19. The number of halogens is 1. The van der Waals surface area contributed by atoms with Gasteiger partial charge in [0.25, 0.3) is 0 Å². The first-order valence-electron chi connectivity index (χ1n) is 7.55. The van der Waals surface area contributed by atoms with Gasteiger partial charge >= 0.3 is 0 Å². The maximum atomic E-state index is 13.3. The van der Waals surface area contributed by atoms with E-state index in [0.717, 1.165) is 40.6 Å². The Labute approximate surface area is 139 Å². The van der Waals surface area contributed by atoms with Gasteiger partial charge in [-0.1, -0.05) is 18.7 Å². The summed E-state index contributed by atoms with van der Waals surface area (Å²) in [6, 6.07) is 10.5. The van der Waals surface area contributed by atoms with Crippen LogP contribution in [0, 0.1) is 5.82 Å². The third kappa shape index (κ3) is 3.15.